The summed E-state index contributed by atoms with van der Waals surface area (Å²) in [6.07, 6.45) is 6.97. The van der Waals surface area contributed by atoms with Crippen LogP contribution in [0.4, 0.5) is 0 Å². The van der Waals surface area contributed by atoms with Crippen LogP contribution in [0.3, 0.4) is 0 Å². The second kappa shape index (κ2) is 7.51. The number of pyridine rings is 1. The van der Waals surface area contributed by atoms with Crippen molar-refractivity contribution in [2.75, 3.05) is 0 Å². The minimum Gasteiger partial charge on any atom is -0.480 e. The number of unbranched alkanes of at least 4 members (excludes halogenated alkanes) is 1. The first-order valence-electron chi connectivity index (χ1n) is 6.94. The van der Waals surface area contributed by atoms with Crippen LogP contribution in [0, 0.1) is 0 Å². The molecule has 1 N–H and O–H groups in total. The van der Waals surface area contributed by atoms with Crippen molar-refractivity contribution in [3.05, 3.63) is 35.0 Å². The fourth-order valence-electron chi connectivity index (χ4n) is 2.12. The predicted octanol–water partition coefficient (Wildman–Crippen LogP) is 2.93. The summed E-state index contributed by atoms with van der Waals surface area (Å²) in [5.74, 6) is -1.37. The van der Waals surface area contributed by atoms with Gasteiger partial charge in [-0.2, -0.15) is 0 Å². The number of hydrogen-bond acceptors (Lipinski definition) is 5. The van der Waals surface area contributed by atoms with E-state index in [9.17, 15) is 14.7 Å². The third kappa shape index (κ3) is 3.72. The number of carboxylic acid groups (broad SMARTS) is 1. The van der Waals surface area contributed by atoms with Gasteiger partial charge in [0.1, 0.15) is 10.4 Å². The van der Waals surface area contributed by atoms with Crippen molar-refractivity contribution in [1.29, 1.82) is 0 Å². The summed E-state index contributed by atoms with van der Waals surface area (Å²) in [6.45, 7) is 1.98. The second-order valence-corrected chi connectivity index (χ2v) is 6.51. The average molecular weight is 336 g/mol. The lowest BCUT2D eigenvalue weighted by molar-refractivity contribution is -0.145. The molecule has 2 heterocycles. The summed E-state index contributed by atoms with van der Waals surface area (Å²) in [5.41, 5.74) is 0.781. The third-order valence-corrected chi connectivity index (χ3v) is 4.56. The van der Waals surface area contributed by atoms with E-state index in [1.54, 1.807) is 24.5 Å². The average Bonchev–Trinajstić information content (AvgIpc) is 2.76. The van der Waals surface area contributed by atoms with Gasteiger partial charge < -0.3 is 5.11 Å². The fourth-order valence-corrected chi connectivity index (χ4v) is 3.48. The molecule has 1 unspecified atom stereocenters. The lowest BCUT2D eigenvalue weighted by atomic mass is 10.1. The molecule has 0 aromatic carbocycles. The van der Waals surface area contributed by atoms with Gasteiger partial charge in [-0.1, -0.05) is 49.8 Å². The molecule has 1 amide bonds. The molecule has 22 heavy (non-hydrogen) atoms. The standard InChI is InChI=1S/C15H16N2O3S2/c1-2-3-6-11(14(19)20)17-13(18)12(22-15(17)21)8-10-5-4-7-16-9-10/h4-5,7-9,11H,2-3,6H2,1H3,(H,19,20)/b12-8+. The Kier molecular flexibility index (Phi) is 5.68. The number of aromatic nitrogens is 1. The van der Waals surface area contributed by atoms with E-state index in [0.29, 0.717) is 15.6 Å². The zero-order valence-electron chi connectivity index (χ0n) is 12.1. The van der Waals surface area contributed by atoms with E-state index in [2.05, 4.69) is 4.98 Å². The van der Waals surface area contributed by atoms with E-state index >= 15 is 0 Å². The molecule has 0 spiro atoms. The number of carbonyl (C=O) groups excluding carboxylic acids is 1. The quantitative estimate of drug-likeness (QED) is 0.636. The van der Waals surface area contributed by atoms with Crippen LogP contribution < -0.4 is 0 Å². The molecule has 1 aromatic rings. The molecule has 1 aliphatic rings. The van der Waals surface area contributed by atoms with Crippen molar-refractivity contribution in [3.8, 4) is 0 Å². The topological polar surface area (TPSA) is 70.5 Å². The lowest BCUT2D eigenvalue weighted by Gasteiger charge is -2.22. The van der Waals surface area contributed by atoms with Crippen LogP contribution in [0.15, 0.2) is 29.4 Å². The van der Waals surface area contributed by atoms with Crippen molar-refractivity contribution in [2.24, 2.45) is 0 Å². The highest BCUT2D eigenvalue weighted by Gasteiger charge is 2.40. The van der Waals surface area contributed by atoms with Crippen LogP contribution in [-0.4, -0.2) is 37.2 Å². The van der Waals surface area contributed by atoms with Gasteiger partial charge in [0.25, 0.3) is 5.91 Å². The molecule has 2 rings (SSSR count). The predicted molar refractivity (Wildman–Crippen MR) is 90.2 cm³/mol. The molecule has 0 aliphatic carbocycles. The van der Waals surface area contributed by atoms with Crippen molar-refractivity contribution in [3.63, 3.8) is 0 Å². The summed E-state index contributed by atoms with van der Waals surface area (Å²) < 4.78 is 0.295. The number of hydrogen-bond donors (Lipinski definition) is 1. The summed E-state index contributed by atoms with van der Waals surface area (Å²) in [7, 11) is 0. The number of carbonyl (C=O) groups is 2. The maximum Gasteiger partial charge on any atom is 0.326 e. The Morgan fingerprint density at radius 2 is 2.36 bits per heavy atom. The lowest BCUT2D eigenvalue weighted by Crippen LogP contribution is -2.43. The molecule has 0 radical (unpaired) electrons. The molecular formula is C15H16N2O3S2. The van der Waals surface area contributed by atoms with Gasteiger partial charge in [-0.15, -0.1) is 0 Å². The Hall–Kier alpha value is -1.73. The van der Waals surface area contributed by atoms with Gasteiger partial charge in [0.2, 0.25) is 0 Å². The van der Waals surface area contributed by atoms with Crippen LogP contribution in [0.2, 0.25) is 0 Å². The molecule has 0 saturated carbocycles. The van der Waals surface area contributed by atoms with Crippen molar-refractivity contribution < 1.29 is 14.7 Å². The Labute approximate surface area is 138 Å². The molecule has 0 bridgehead atoms. The molecule has 1 aromatic heterocycles. The number of carboxylic acids is 1. The molecular weight excluding hydrogens is 320 g/mol. The Morgan fingerprint density at radius 1 is 1.59 bits per heavy atom. The number of thioether (sulfide) groups is 1. The van der Waals surface area contributed by atoms with E-state index < -0.39 is 12.0 Å². The van der Waals surface area contributed by atoms with Crippen LogP contribution in [0.1, 0.15) is 31.7 Å². The molecule has 1 saturated heterocycles. The molecule has 1 atom stereocenters. The monoisotopic (exact) mass is 336 g/mol. The van der Waals surface area contributed by atoms with Gasteiger partial charge >= 0.3 is 5.97 Å². The van der Waals surface area contributed by atoms with Gasteiger partial charge in [0.15, 0.2) is 0 Å². The molecule has 5 nitrogen and oxygen atoms in total. The smallest absolute Gasteiger partial charge is 0.326 e. The van der Waals surface area contributed by atoms with E-state index in [1.165, 1.54) is 4.90 Å². The Morgan fingerprint density at radius 3 is 2.95 bits per heavy atom. The van der Waals surface area contributed by atoms with Gasteiger partial charge in [0, 0.05) is 12.4 Å². The van der Waals surface area contributed by atoms with E-state index in [4.69, 9.17) is 12.2 Å². The highest BCUT2D eigenvalue weighted by Crippen LogP contribution is 2.34. The van der Waals surface area contributed by atoms with Crippen LogP contribution in [0.5, 0.6) is 0 Å². The zero-order valence-corrected chi connectivity index (χ0v) is 13.7. The summed E-state index contributed by atoms with van der Waals surface area (Å²) in [5, 5.41) is 9.38. The SMILES string of the molecule is CCCCC(C(=O)O)N1C(=O)/C(=C\c2cccnc2)SC1=S. The van der Waals surface area contributed by atoms with Crippen LogP contribution in [-0.2, 0) is 9.59 Å². The molecule has 116 valence electrons. The number of aliphatic carboxylic acids is 1. The van der Waals surface area contributed by atoms with Gasteiger partial charge in [-0.25, -0.2) is 4.79 Å². The maximum absolute atomic E-state index is 12.5. The van der Waals surface area contributed by atoms with E-state index in [-0.39, 0.29) is 5.91 Å². The minimum atomic E-state index is -1.02. The minimum absolute atomic E-state index is 0.295. The summed E-state index contributed by atoms with van der Waals surface area (Å²) >= 11 is 6.34. The van der Waals surface area contributed by atoms with Crippen molar-refractivity contribution in [2.45, 2.75) is 32.2 Å². The number of amides is 1. The van der Waals surface area contributed by atoms with E-state index in [1.807, 2.05) is 13.0 Å². The normalized spacial score (nSPS) is 18.0. The van der Waals surface area contributed by atoms with Crippen molar-refractivity contribution in [1.82, 2.24) is 9.88 Å². The summed E-state index contributed by atoms with van der Waals surface area (Å²) in [6, 6.07) is 2.70. The molecule has 1 fully saturated rings. The first kappa shape index (κ1) is 16.6. The van der Waals surface area contributed by atoms with Gasteiger partial charge in [0.05, 0.1) is 4.91 Å². The largest absolute Gasteiger partial charge is 0.480 e. The summed E-state index contributed by atoms with van der Waals surface area (Å²) in [4.78, 5) is 29.6. The Bertz CT molecular complexity index is 616. The molecule has 7 heteroatoms. The maximum atomic E-state index is 12.5. The molecule has 1 aliphatic heterocycles. The second-order valence-electron chi connectivity index (χ2n) is 4.83. The fraction of sp³-hybridized carbons (Fsp3) is 0.333. The number of thiocarbonyl (C=S) groups is 1. The number of rotatable bonds is 6. The highest BCUT2D eigenvalue weighted by atomic mass is 32.2. The van der Waals surface area contributed by atoms with E-state index in [0.717, 1.165) is 30.2 Å². The zero-order chi connectivity index (χ0) is 16.1. The van der Waals surface area contributed by atoms with Gasteiger partial charge in [-0.3, -0.25) is 14.7 Å². The van der Waals surface area contributed by atoms with Crippen LogP contribution >= 0.6 is 24.0 Å². The third-order valence-electron chi connectivity index (χ3n) is 3.23. The first-order chi connectivity index (χ1) is 10.5. The highest BCUT2D eigenvalue weighted by molar-refractivity contribution is 8.26. The van der Waals surface area contributed by atoms with Crippen molar-refractivity contribution >= 4 is 46.3 Å². The van der Waals surface area contributed by atoms with Crippen LogP contribution in [0.25, 0.3) is 6.08 Å². The number of nitrogens with zero attached hydrogens (tertiary/aromatic N) is 2. The van der Waals surface area contributed by atoms with Gasteiger partial charge in [-0.05, 0) is 24.1 Å². The first-order valence-corrected chi connectivity index (χ1v) is 8.17. The Balaban J connectivity index is 2.24.